The summed E-state index contributed by atoms with van der Waals surface area (Å²) in [7, 11) is 4.02. The van der Waals surface area contributed by atoms with E-state index in [1.807, 2.05) is 62.6 Å². The molecule has 2 aromatic carbocycles. The maximum absolute atomic E-state index is 12.5. The molecule has 1 atom stereocenters. The molecule has 0 aliphatic heterocycles. The standard InChI is InChI=1S/C20H22N4O/c1-23(2)19(16-9-5-3-6-10-16)14-21-20(25)17-13-22-24(15-17)18-11-7-4-8-12-18/h3-13,15,19H,14H2,1-2H3,(H,21,25). The molecule has 5 nitrogen and oxygen atoms in total. The molecule has 0 aliphatic rings. The van der Waals surface area contributed by atoms with Crippen molar-refractivity contribution in [2.45, 2.75) is 6.04 Å². The summed E-state index contributed by atoms with van der Waals surface area (Å²) in [4.78, 5) is 14.6. The molecule has 0 fully saturated rings. The summed E-state index contributed by atoms with van der Waals surface area (Å²) in [5.41, 5.74) is 2.65. The third kappa shape index (κ3) is 4.14. The lowest BCUT2D eigenvalue weighted by Crippen LogP contribution is -2.34. The summed E-state index contributed by atoms with van der Waals surface area (Å²) in [6, 6.07) is 20.0. The Morgan fingerprint density at radius 1 is 1.08 bits per heavy atom. The van der Waals surface area contributed by atoms with E-state index in [9.17, 15) is 4.79 Å². The monoisotopic (exact) mass is 334 g/mol. The van der Waals surface area contributed by atoms with Crippen molar-refractivity contribution in [3.05, 3.63) is 84.2 Å². The zero-order valence-electron chi connectivity index (χ0n) is 14.5. The van der Waals surface area contributed by atoms with Crippen molar-refractivity contribution < 1.29 is 4.79 Å². The quantitative estimate of drug-likeness (QED) is 0.754. The average molecular weight is 334 g/mol. The lowest BCUT2D eigenvalue weighted by Gasteiger charge is -2.25. The van der Waals surface area contributed by atoms with Crippen LogP contribution in [0.4, 0.5) is 0 Å². The lowest BCUT2D eigenvalue weighted by molar-refractivity contribution is 0.0942. The normalized spacial score (nSPS) is 12.1. The first-order valence-corrected chi connectivity index (χ1v) is 8.25. The van der Waals surface area contributed by atoms with Crippen molar-refractivity contribution in [3.8, 4) is 5.69 Å². The third-order valence-corrected chi connectivity index (χ3v) is 4.13. The second-order valence-corrected chi connectivity index (χ2v) is 6.11. The predicted octanol–water partition coefficient (Wildman–Crippen LogP) is 2.91. The molecule has 3 aromatic rings. The summed E-state index contributed by atoms with van der Waals surface area (Å²) in [6.07, 6.45) is 3.34. The van der Waals surface area contributed by atoms with Gasteiger partial charge in [-0.15, -0.1) is 0 Å². The highest BCUT2D eigenvalue weighted by Crippen LogP contribution is 2.17. The van der Waals surface area contributed by atoms with Crippen molar-refractivity contribution in [1.29, 1.82) is 0 Å². The van der Waals surface area contributed by atoms with E-state index in [0.29, 0.717) is 12.1 Å². The second-order valence-electron chi connectivity index (χ2n) is 6.11. The van der Waals surface area contributed by atoms with Gasteiger partial charge in [0.15, 0.2) is 0 Å². The molecular weight excluding hydrogens is 312 g/mol. The van der Waals surface area contributed by atoms with Crippen molar-refractivity contribution in [2.24, 2.45) is 0 Å². The summed E-state index contributed by atoms with van der Waals surface area (Å²) in [5.74, 6) is -0.120. The molecule has 1 aromatic heterocycles. The number of para-hydroxylation sites is 1. The van der Waals surface area contributed by atoms with Gasteiger partial charge in [0, 0.05) is 12.7 Å². The average Bonchev–Trinajstić information content (AvgIpc) is 3.13. The van der Waals surface area contributed by atoms with E-state index in [2.05, 4.69) is 27.4 Å². The summed E-state index contributed by atoms with van der Waals surface area (Å²) in [6.45, 7) is 0.534. The maximum atomic E-state index is 12.5. The van der Waals surface area contributed by atoms with Crippen molar-refractivity contribution in [2.75, 3.05) is 20.6 Å². The van der Waals surface area contributed by atoms with Crippen LogP contribution in [0.25, 0.3) is 5.69 Å². The van der Waals surface area contributed by atoms with Crippen LogP contribution in [0.5, 0.6) is 0 Å². The zero-order valence-corrected chi connectivity index (χ0v) is 14.5. The first-order chi connectivity index (χ1) is 12.1. The number of hydrogen-bond acceptors (Lipinski definition) is 3. The predicted molar refractivity (Wildman–Crippen MR) is 98.8 cm³/mol. The Bertz CT molecular complexity index is 812. The highest BCUT2D eigenvalue weighted by Gasteiger charge is 2.16. The van der Waals surface area contributed by atoms with Gasteiger partial charge in [-0.25, -0.2) is 4.68 Å². The number of rotatable bonds is 6. The van der Waals surface area contributed by atoms with Crippen LogP contribution in [0.15, 0.2) is 73.1 Å². The molecule has 0 aliphatic carbocycles. The van der Waals surface area contributed by atoms with E-state index in [4.69, 9.17) is 0 Å². The molecule has 3 rings (SSSR count). The molecule has 0 saturated heterocycles. The summed E-state index contributed by atoms with van der Waals surface area (Å²) in [5, 5.41) is 7.28. The SMILES string of the molecule is CN(C)C(CNC(=O)c1cnn(-c2ccccc2)c1)c1ccccc1. The zero-order chi connectivity index (χ0) is 17.6. The van der Waals surface area contributed by atoms with Gasteiger partial charge in [0.1, 0.15) is 0 Å². The van der Waals surface area contributed by atoms with Crippen LogP contribution in [0.3, 0.4) is 0 Å². The minimum absolute atomic E-state index is 0.120. The van der Waals surface area contributed by atoms with Gasteiger partial charge in [0.25, 0.3) is 5.91 Å². The van der Waals surface area contributed by atoms with E-state index in [-0.39, 0.29) is 11.9 Å². The van der Waals surface area contributed by atoms with Crippen LogP contribution in [0.2, 0.25) is 0 Å². The Kier molecular flexibility index (Phi) is 5.26. The van der Waals surface area contributed by atoms with Gasteiger partial charge >= 0.3 is 0 Å². The highest BCUT2D eigenvalue weighted by atomic mass is 16.1. The largest absolute Gasteiger partial charge is 0.350 e. The lowest BCUT2D eigenvalue weighted by atomic mass is 10.1. The van der Waals surface area contributed by atoms with E-state index >= 15 is 0 Å². The molecule has 0 bridgehead atoms. The molecule has 0 spiro atoms. The molecular formula is C20H22N4O. The Hall–Kier alpha value is -2.92. The van der Waals surface area contributed by atoms with Gasteiger partial charge in [-0.2, -0.15) is 5.10 Å². The summed E-state index contributed by atoms with van der Waals surface area (Å²) < 4.78 is 1.70. The number of aromatic nitrogens is 2. The van der Waals surface area contributed by atoms with Gasteiger partial charge in [-0.05, 0) is 31.8 Å². The van der Waals surface area contributed by atoms with Crippen LogP contribution in [0, 0.1) is 0 Å². The second kappa shape index (κ2) is 7.77. The molecule has 128 valence electrons. The number of hydrogen-bond donors (Lipinski definition) is 1. The topological polar surface area (TPSA) is 50.2 Å². The molecule has 0 radical (unpaired) electrons. The first-order valence-electron chi connectivity index (χ1n) is 8.25. The van der Waals surface area contributed by atoms with Gasteiger partial charge in [0.05, 0.1) is 23.5 Å². The number of likely N-dealkylation sites (N-methyl/N-ethyl adjacent to an activating group) is 1. The van der Waals surface area contributed by atoms with Crippen LogP contribution < -0.4 is 5.32 Å². The number of nitrogens with zero attached hydrogens (tertiary/aromatic N) is 3. The van der Waals surface area contributed by atoms with Gasteiger partial charge < -0.3 is 10.2 Å². The minimum Gasteiger partial charge on any atom is -0.350 e. The third-order valence-electron chi connectivity index (χ3n) is 4.13. The van der Waals surface area contributed by atoms with E-state index in [1.165, 1.54) is 5.56 Å². The number of carbonyl (C=O) groups excluding carboxylic acids is 1. The fourth-order valence-corrected chi connectivity index (χ4v) is 2.73. The van der Waals surface area contributed by atoms with Crippen molar-refractivity contribution in [1.82, 2.24) is 20.0 Å². The molecule has 1 amide bonds. The van der Waals surface area contributed by atoms with Crippen LogP contribution in [0.1, 0.15) is 22.0 Å². The van der Waals surface area contributed by atoms with Gasteiger partial charge in [0.2, 0.25) is 0 Å². The van der Waals surface area contributed by atoms with Gasteiger partial charge in [-0.3, -0.25) is 4.79 Å². The smallest absolute Gasteiger partial charge is 0.254 e. The van der Waals surface area contributed by atoms with Crippen LogP contribution >= 0.6 is 0 Å². The van der Waals surface area contributed by atoms with Crippen molar-refractivity contribution in [3.63, 3.8) is 0 Å². The maximum Gasteiger partial charge on any atom is 0.254 e. The molecule has 5 heteroatoms. The molecule has 1 unspecified atom stereocenters. The van der Waals surface area contributed by atoms with Crippen LogP contribution in [-0.2, 0) is 0 Å². The Morgan fingerprint density at radius 2 is 1.72 bits per heavy atom. The highest BCUT2D eigenvalue weighted by molar-refractivity contribution is 5.93. The number of benzene rings is 2. The van der Waals surface area contributed by atoms with Gasteiger partial charge in [-0.1, -0.05) is 48.5 Å². The molecule has 1 heterocycles. The van der Waals surface area contributed by atoms with Crippen LogP contribution in [-0.4, -0.2) is 41.2 Å². The van der Waals surface area contributed by atoms with E-state index in [0.717, 1.165) is 5.69 Å². The first kappa shape index (κ1) is 16.9. The van der Waals surface area contributed by atoms with Crippen molar-refractivity contribution >= 4 is 5.91 Å². The number of carbonyl (C=O) groups is 1. The number of amides is 1. The minimum atomic E-state index is -0.120. The Balaban J connectivity index is 1.67. The molecule has 1 N–H and O–H groups in total. The van der Waals surface area contributed by atoms with E-state index in [1.54, 1.807) is 17.1 Å². The fraction of sp³-hybridized carbons (Fsp3) is 0.200. The molecule has 0 saturated carbocycles. The summed E-state index contributed by atoms with van der Waals surface area (Å²) >= 11 is 0. The molecule has 25 heavy (non-hydrogen) atoms. The van der Waals surface area contributed by atoms with E-state index < -0.39 is 0 Å². The fourth-order valence-electron chi connectivity index (χ4n) is 2.73. The Morgan fingerprint density at radius 3 is 2.36 bits per heavy atom. The number of nitrogens with one attached hydrogen (secondary N) is 1. The Labute approximate surface area is 147 Å².